The van der Waals surface area contributed by atoms with E-state index in [0.29, 0.717) is 18.7 Å². The quantitative estimate of drug-likeness (QED) is 0.769. The number of hydrogen-bond acceptors (Lipinski definition) is 4. The van der Waals surface area contributed by atoms with Crippen molar-refractivity contribution in [3.05, 3.63) is 54.6 Å². The largest absolute Gasteiger partial charge is 0.484 e. The molecule has 0 radical (unpaired) electrons. The first-order chi connectivity index (χ1) is 13.2. The number of nitrogens with zero attached hydrogens (tertiary/aromatic N) is 1. The molecule has 0 saturated carbocycles. The molecule has 1 unspecified atom stereocenters. The summed E-state index contributed by atoms with van der Waals surface area (Å²) in [6.07, 6.45) is 0.483. The van der Waals surface area contributed by atoms with Crippen LogP contribution >= 0.6 is 0 Å². The highest BCUT2D eigenvalue weighted by Gasteiger charge is 2.41. The summed E-state index contributed by atoms with van der Waals surface area (Å²) < 4.78 is 30.0. The Morgan fingerprint density at radius 1 is 1.04 bits per heavy atom. The minimum Gasteiger partial charge on any atom is -0.484 e. The van der Waals surface area contributed by atoms with Crippen LogP contribution in [0.3, 0.4) is 0 Å². The van der Waals surface area contributed by atoms with E-state index in [-0.39, 0.29) is 19.1 Å². The first-order valence-electron chi connectivity index (χ1n) is 9.48. The highest BCUT2D eigenvalue weighted by atomic mass is 32.2. The van der Waals surface area contributed by atoms with Crippen LogP contribution in [0, 0.1) is 0 Å². The van der Waals surface area contributed by atoms with Crippen molar-refractivity contribution in [1.29, 1.82) is 0 Å². The molecule has 1 amide bonds. The average molecular weight is 402 g/mol. The van der Waals surface area contributed by atoms with Gasteiger partial charge >= 0.3 is 0 Å². The Labute approximate surface area is 167 Å². The van der Waals surface area contributed by atoms with Gasteiger partial charge < -0.3 is 9.64 Å². The zero-order valence-electron chi connectivity index (χ0n) is 16.6. The zero-order chi connectivity index (χ0) is 20.4. The third kappa shape index (κ3) is 4.38. The van der Waals surface area contributed by atoms with Crippen molar-refractivity contribution in [3.8, 4) is 16.9 Å². The van der Waals surface area contributed by atoms with Gasteiger partial charge in [0.1, 0.15) is 5.75 Å². The molecule has 0 aromatic heterocycles. The monoisotopic (exact) mass is 401 g/mol. The molecule has 150 valence electrons. The predicted molar refractivity (Wildman–Crippen MR) is 111 cm³/mol. The van der Waals surface area contributed by atoms with Gasteiger partial charge in [0.25, 0.3) is 5.91 Å². The topological polar surface area (TPSA) is 63.7 Å². The Morgan fingerprint density at radius 2 is 1.64 bits per heavy atom. The van der Waals surface area contributed by atoms with E-state index in [1.165, 1.54) is 0 Å². The molecule has 1 aliphatic rings. The first kappa shape index (κ1) is 20.4. The van der Waals surface area contributed by atoms with Gasteiger partial charge in [-0.25, -0.2) is 8.42 Å². The molecule has 5 nitrogen and oxygen atoms in total. The van der Waals surface area contributed by atoms with E-state index < -0.39 is 19.8 Å². The number of carbonyl (C=O) groups is 1. The fourth-order valence-corrected chi connectivity index (χ4v) is 5.11. The molecule has 1 atom stereocenters. The third-order valence-electron chi connectivity index (χ3n) is 5.11. The summed E-state index contributed by atoms with van der Waals surface area (Å²) in [6, 6.07) is 17.6. The lowest BCUT2D eigenvalue weighted by Crippen LogP contribution is -2.40. The molecule has 0 aliphatic carbocycles. The zero-order valence-corrected chi connectivity index (χ0v) is 17.4. The van der Waals surface area contributed by atoms with Crippen molar-refractivity contribution in [1.82, 2.24) is 4.90 Å². The van der Waals surface area contributed by atoms with Crippen LogP contribution in [-0.2, 0) is 14.6 Å². The maximum atomic E-state index is 12.6. The van der Waals surface area contributed by atoms with Crippen molar-refractivity contribution in [2.75, 3.05) is 19.7 Å². The maximum absolute atomic E-state index is 12.6. The number of hydrogen-bond donors (Lipinski definition) is 0. The van der Waals surface area contributed by atoms with E-state index in [9.17, 15) is 13.2 Å². The van der Waals surface area contributed by atoms with Crippen molar-refractivity contribution in [2.24, 2.45) is 0 Å². The summed E-state index contributed by atoms with van der Waals surface area (Å²) in [5, 5.41) is -0.499. The van der Waals surface area contributed by atoms with Gasteiger partial charge in [-0.3, -0.25) is 4.79 Å². The van der Waals surface area contributed by atoms with Crippen LogP contribution in [0.2, 0.25) is 0 Å². The Balaban J connectivity index is 1.55. The van der Waals surface area contributed by atoms with Crippen LogP contribution < -0.4 is 4.74 Å². The minimum atomic E-state index is -3.28. The normalized spacial score (nSPS) is 17.5. The number of benzene rings is 2. The van der Waals surface area contributed by atoms with Crippen LogP contribution in [0.15, 0.2) is 54.6 Å². The van der Waals surface area contributed by atoms with Gasteiger partial charge in [-0.05, 0) is 50.5 Å². The molecular weight excluding hydrogens is 374 g/mol. The molecule has 1 fully saturated rings. The summed E-state index contributed by atoms with van der Waals surface area (Å²) in [7, 11) is -3.28. The molecule has 1 saturated heterocycles. The van der Waals surface area contributed by atoms with E-state index in [4.69, 9.17) is 4.74 Å². The molecule has 3 rings (SSSR count). The van der Waals surface area contributed by atoms with Gasteiger partial charge in [0.15, 0.2) is 16.4 Å². The van der Waals surface area contributed by atoms with Crippen molar-refractivity contribution in [3.63, 3.8) is 0 Å². The summed E-state index contributed by atoms with van der Waals surface area (Å²) in [6.45, 7) is 5.72. The van der Waals surface area contributed by atoms with Crippen LogP contribution in [-0.4, -0.2) is 48.9 Å². The number of likely N-dealkylation sites (tertiary alicyclic amines) is 1. The van der Waals surface area contributed by atoms with E-state index in [1.54, 1.807) is 25.7 Å². The molecule has 1 heterocycles. The van der Waals surface area contributed by atoms with Crippen molar-refractivity contribution >= 4 is 15.7 Å². The second-order valence-electron chi connectivity index (χ2n) is 8.09. The number of carbonyl (C=O) groups excluding carboxylic acids is 1. The first-order valence-corrected chi connectivity index (χ1v) is 11.0. The summed E-state index contributed by atoms with van der Waals surface area (Å²) in [5.41, 5.74) is 2.20. The number of rotatable bonds is 5. The van der Waals surface area contributed by atoms with Crippen LogP contribution in [0.25, 0.3) is 11.1 Å². The number of ether oxygens (including phenoxy) is 1. The van der Waals surface area contributed by atoms with E-state index in [0.717, 1.165) is 11.1 Å². The van der Waals surface area contributed by atoms with E-state index >= 15 is 0 Å². The Kier molecular flexibility index (Phi) is 5.79. The molecule has 0 N–H and O–H groups in total. The molecule has 0 spiro atoms. The lowest BCUT2D eigenvalue weighted by atomic mass is 10.1. The van der Waals surface area contributed by atoms with Gasteiger partial charge in [0.2, 0.25) is 0 Å². The smallest absolute Gasteiger partial charge is 0.260 e. The molecule has 6 heteroatoms. The minimum absolute atomic E-state index is 0.0903. The fraction of sp³-hybridized carbons (Fsp3) is 0.409. The molecule has 1 aliphatic heterocycles. The van der Waals surface area contributed by atoms with Crippen LogP contribution in [0.4, 0.5) is 0 Å². The van der Waals surface area contributed by atoms with Gasteiger partial charge in [-0.15, -0.1) is 0 Å². The predicted octanol–water partition coefficient (Wildman–Crippen LogP) is 3.55. The van der Waals surface area contributed by atoms with Crippen LogP contribution in [0.1, 0.15) is 27.2 Å². The molecule has 0 bridgehead atoms. The highest BCUT2D eigenvalue weighted by Crippen LogP contribution is 2.27. The van der Waals surface area contributed by atoms with Gasteiger partial charge in [0.05, 0.1) is 10.00 Å². The molecular formula is C22H27NO4S. The maximum Gasteiger partial charge on any atom is 0.260 e. The van der Waals surface area contributed by atoms with E-state index in [2.05, 4.69) is 0 Å². The summed E-state index contributed by atoms with van der Waals surface area (Å²) in [5.74, 6) is 0.435. The van der Waals surface area contributed by atoms with E-state index in [1.807, 2.05) is 54.6 Å². The Hall–Kier alpha value is -2.34. The van der Waals surface area contributed by atoms with Crippen LogP contribution in [0.5, 0.6) is 5.75 Å². The van der Waals surface area contributed by atoms with Crippen molar-refractivity contribution < 1.29 is 17.9 Å². The second-order valence-corrected chi connectivity index (χ2v) is 11.1. The standard InChI is InChI=1S/C22H27NO4S/c1-22(2,3)28(25,26)20-13-14-23(15-20)21(24)16-27-19-11-9-18(10-12-19)17-7-5-4-6-8-17/h4-12,20H,13-16H2,1-3H3. The molecule has 28 heavy (non-hydrogen) atoms. The highest BCUT2D eigenvalue weighted by molar-refractivity contribution is 7.93. The van der Waals surface area contributed by atoms with Gasteiger partial charge in [0, 0.05) is 13.1 Å². The van der Waals surface area contributed by atoms with Crippen molar-refractivity contribution in [2.45, 2.75) is 37.2 Å². The Morgan fingerprint density at radius 3 is 2.25 bits per heavy atom. The Bertz CT molecular complexity index is 915. The summed E-state index contributed by atoms with van der Waals surface area (Å²) >= 11 is 0. The number of sulfone groups is 1. The van der Waals surface area contributed by atoms with Gasteiger partial charge in [-0.1, -0.05) is 42.5 Å². The molecule has 2 aromatic carbocycles. The molecule has 2 aromatic rings. The summed E-state index contributed by atoms with van der Waals surface area (Å²) in [4.78, 5) is 14.0. The lowest BCUT2D eigenvalue weighted by Gasteiger charge is -2.24. The average Bonchev–Trinajstić information content (AvgIpc) is 3.17. The fourth-order valence-electron chi connectivity index (χ4n) is 3.32. The third-order valence-corrected chi connectivity index (χ3v) is 8.08. The SMILES string of the molecule is CC(C)(C)S(=O)(=O)C1CCN(C(=O)COc2ccc(-c3ccccc3)cc2)C1. The number of amides is 1. The lowest BCUT2D eigenvalue weighted by molar-refractivity contribution is -0.132. The second kappa shape index (κ2) is 7.95. The van der Waals surface area contributed by atoms with Gasteiger partial charge in [-0.2, -0.15) is 0 Å².